The Morgan fingerprint density at radius 3 is 2.10 bits per heavy atom. The number of aromatic nitrogens is 2. The first-order valence-electron chi connectivity index (χ1n) is 11.1. The van der Waals surface area contributed by atoms with Gasteiger partial charge in [0.15, 0.2) is 0 Å². The van der Waals surface area contributed by atoms with Gasteiger partial charge in [-0.05, 0) is 66.1 Å². The molecule has 1 aliphatic heterocycles. The quantitative estimate of drug-likeness (QED) is 0.641. The number of anilines is 1. The van der Waals surface area contributed by atoms with Crippen LogP contribution in [0.15, 0.2) is 60.7 Å². The molecule has 1 aromatic heterocycles. The first-order valence-corrected chi connectivity index (χ1v) is 11.1. The third-order valence-corrected chi connectivity index (χ3v) is 5.97. The number of amides is 1. The zero-order chi connectivity index (χ0) is 21.8. The predicted octanol–water partition coefficient (Wildman–Crippen LogP) is 4.94. The van der Waals surface area contributed by atoms with Crippen molar-refractivity contribution in [1.29, 1.82) is 0 Å². The molecule has 0 radical (unpaired) electrons. The Balaban J connectivity index is 1.37. The highest BCUT2D eigenvalue weighted by atomic mass is 16.2. The van der Waals surface area contributed by atoms with Gasteiger partial charge >= 0.3 is 0 Å². The smallest absolute Gasteiger partial charge is 0.253 e. The maximum absolute atomic E-state index is 13.0. The molecule has 0 atom stereocenters. The molecule has 2 heterocycles. The van der Waals surface area contributed by atoms with E-state index in [4.69, 9.17) is 5.73 Å². The summed E-state index contributed by atoms with van der Waals surface area (Å²) >= 11 is 0. The maximum atomic E-state index is 13.0. The molecular weight excluding hydrogens is 384 g/mol. The Morgan fingerprint density at radius 2 is 1.55 bits per heavy atom. The van der Waals surface area contributed by atoms with E-state index in [1.807, 2.05) is 35.2 Å². The summed E-state index contributed by atoms with van der Waals surface area (Å²) in [5.74, 6) is 1.52. The van der Waals surface area contributed by atoms with E-state index in [1.165, 1.54) is 11.1 Å². The third-order valence-electron chi connectivity index (χ3n) is 5.97. The van der Waals surface area contributed by atoms with Gasteiger partial charge in [-0.15, -0.1) is 5.10 Å². The van der Waals surface area contributed by atoms with Crippen LogP contribution in [0.1, 0.15) is 54.2 Å². The first kappa shape index (κ1) is 21.0. The van der Waals surface area contributed by atoms with Gasteiger partial charge in [0.25, 0.3) is 5.91 Å². The highest BCUT2D eigenvalue weighted by Gasteiger charge is 2.25. The minimum Gasteiger partial charge on any atom is -0.382 e. The Morgan fingerprint density at radius 1 is 0.935 bits per heavy atom. The molecule has 0 aliphatic carbocycles. The number of rotatable bonds is 5. The molecule has 5 heteroatoms. The molecule has 31 heavy (non-hydrogen) atoms. The molecule has 0 unspecified atom stereocenters. The largest absolute Gasteiger partial charge is 0.382 e. The van der Waals surface area contributed by atoms with Gasteiger partial charge in [0, 0.05) is 24.6 Å². The Bertz CT molecular complexity index is 1000. The van der Waals surface area contributed by atoms with Crippen molar-refractivity contribution in [3.05, 3.63) is 77.5 Å². The van der Waals surface area contributed by atoms with E-state index in [0.29, 0.717) is 17.7 Å². The van der Waals surface area contributed by atoms with E-state index in [-0.39, 0.29) is 5.91 Å². The number of nitrogen functional groups attached to an aromatic ring is 1. The van der Waals surface area contributed by atoms with Gasteiger partial charge in [-0.25, -0.2) is 0 Å². The van der Waals surface area contributed by atoms with Crippen LogP contribution in [0.25, 0.3) is 11.1 Å². The second-order valence-corrected chi connectivity index (χ2v) is 8.82. The minimum absolute atomic E-state index is 0.0978. The third kappa shape index (κ3) is 5.10. The molecule has 0 saturated carbocycles. The van der Waals surface area contributed by atoms with Gasteiger partial charge in [0.1, 0.15) is 5.82 Å². The second-order valence-electron chi connectivity index (χ2n) is 8.82. The van der Waals surface area contributed by atoms with Crippen LogP contribution in [-0.2, 0) is 6.42 Å². The lowest BCUT2D eigenvalue weighted by Gasteiger charge is -2.31. The molecule has 0 bridgehead atoms. The lowest BCUT2D eigenvalue weighted by atomic mass is 9.93. The first-order chi connectivity index (χ1) is 15.0. The number of carbonyl (C=O) groups is 1. The fraction of sp³-hybridized carbons (Fsp3) is 0.346. The van der Waals surface area contributed by atoms with Crippen LogP contribution in [0.5, 0.6) is 0 Å². The molecule has 3 aromatic rings. The van der Waals surface area contributed by atoms with E-state index in [0.717, 1.165) is 49.2 Å². The van der Waals surface area contributed by atoms with Crippen LogP contribution in [0.4, 0.5) is 5.82 Å². The fourth-order valence-corrected chi connectivity index (χ4v) is 4.24. The van der Waals surface area contributed by atoms with Crippen molar-refractivity contribution in [2.75, 3.05) is 18.8 Å². The van der Waals surface area contributed by atoms with Gasteiger partial charge in [0.05, 0.1) is 5.69 Å². The standard InChI is InChI=1S/C26H30N4O/c1-18(2)17-19-3-5-20(6-4-19)21-7-9-23(10-8-21)26(31)30-15-13-22(14-16-30)24-11-12-25(27)29-28-24/h3-12,18,22H,13-17H2,1-2H3,(H2,27,29). The number of likely N-dealkylation sites (tertiary alicyclic amines) is 1. The van der Waals surface area contributed by atoms with Crippen molar-refractivity contribution in [2.45, 2.75) is 39.0 Å². The molecular formula is C26H30N4O. The lowest BCUT2D eigenvalue weighted by Crippen LogP contribution is -2.38. The van der Waals surface area contributed by atoms with Crippen molar-refractivity contribution >= 4 is 11.7 Å². The zero-order valence-corrected chi connectivity index (χ0v) is 18.3. The monoisotopic (exact) mass is 414 g/mol. The minimum atomic E-state index is 0.0978. The molecule has 1 fully saturated rings. The van der Waals surface area contributed by atoms with Crippen LogP contribution >= 0.6 is 0 Å². The summed E-state index contributed by atoms with van der Waals surface area (Å²) in [5.41, 5.74) is 11.0. The van der Waals surface area contributed by atoms with Crippen LogP contribution < -0.4 is 5.73 Å². The van der Waals surface area contributed by atoms with E-state index in [1.54, 1.807) is 6.07 Å². The Hall–Kier alpha value is -3.21. The molecule has 2 N–H and O–H groups in total. The summed E-state index contributed by atoms with van der Waals surface area (Å²) in [7, 11) is 0. The lowest BCUT2D eigenvalue weighted by molar-refractivity contribution is 0.0712. The van der Waals surface area contributed by atoms with Crippen molar-refractivity contribution in [1.82, 2.24) is 15.1 Å². The van der Waals surface area contributed by atoms with Gasteiger partial charge in [-0.2, -0.15) is 5.10 Å². The normalized spacial score (nSPS) is 14.7. The van der Waals surface area contributed by atoms with Crippen molar-refractivity contribution < 1.29 is 4.79 Å². The van der Waals surface area contributed by atoms with Gasteiger partial charge in [0.2, 0.25) is 0 Å². The molecule has 1 amide bonds. The highest BCUT2D eigenvalue weighted by molar-refractivity contribution is 5.94. The van der Waals surface area contributed by atoms with Gasteiger partial charge < -0.3 is 10.6 Å². The highest BCUT2D eigenvalue weighted by Crippen LogP contribution is 2.28. The summed E-state index contributed by atoms with van der Waals surface area (Å²) in [4.78, 5) is 14.9. The fourth-order valence-electron chi connectivity index (χ4n) is 4.24. The average Bonchev–Trinajstić information content (AvgIpc) is 2.79. The van der Waals surface area contributed by atoms with Crippen LogP contribution in [-0.4, -0.2) is 34.1 Å². The van der Waals surface area contributed by atoms with E-state index < -0.39 is 0 Å². The number of nitrogens with two attached hydrogens (primary N) is 1. The SMILES string of the molecule is CC(C)Cc1ccc(-c2ccc(C(=O)N3CCC(c4ccc(N)nn4)CC3)cc2)cc1. The predicted molar refractivity (Wildman–Crippen MR) is 125 cm³/mol. The van der Waals surface area contributed by atoms with Crippen molar-refractivity contribution in [3.63, 3.8) is 0 Å². The van der Waals surface area contributed by atoms with E-state index in [2.05, 4.69) is 48.3 Å². The summed E-state index contributed by atoms with van der Waals surface area (Å²) in [6.45, 7) is 5.93. The molecule has 1 saturated heterocycles. The van der Waals surface area contributed by atoms with Gasteiger partial charge in [-0.3, -0.25) is 4.79 Å². The second kappa shape index (κ2) is 9.29. The maximum Gasteiger partial charge on any atom is 0.253 e. The molecule has 1 aliphatic rings. The van der Waals surface area contributed by atoms with Crippen molar-refractivity contribution in [3.8, 4) is 11.1 Å². The summed E-state index contributed by atoms with van der Waals surface area (Å²) < 4.78 is 0. The number of carbonyl (C=O) groups excluding carboxylic acids is 1. The topological polar surface area (TPSA) is 72.1 Å². The molecule has 5 nitrogen and oxygen atoms in total. The Labute approximate surface area is 184 Å². The summed E-state index contributed by atoms with van der Waals surface area (Å²) in [5, 5.41) is 8.16. The summed E-state index contributed by atoms with van der Waals surface area (Å²) in [6, 6.07) is 20.4. The zero-order valence-electron chi connectivity index (χ0n) is 18.3. The number of hydrogen-bond acceptors (Lipinski definition) is 4. The van der Waals surface area contributed by atoms with Crippen LogP contribution in [0, 0.1) is 5.92 Å². The van der Waals surface area contributed by atoms with Crippen LogP contribution in [0.2, 0.25) is 0 Å². The number of benzene rings is 2. The molecule has 2 aromatic carbocycles. The van der Waals surface area contributed by atoms with Crippen LogP contribution in [0.3, 0.4) is 0 Å². The number of nitrogens with zero attached hydrogens (tertiary/aromatic N) is 3. The molecule has 4 rings (SSSR count). The number of piperidine rings is 1. The van der Waals surface area contributed by atoms with Crippen molar-refractivity contribution in [2.24, 2.45) is 5.92 Å². The van der Waals surface area contributed by atoms with Gasteiger partial charge in [-0.1, -0.05) is 50.2 Å². The molecule has 0 spiro atoms. The average molecular weight is 415 g/mol. The van der Waals surface area contributed by atoms with E-state index >= 15 is 0 Å². The number of hydrogen-bond donors (Lipinski definition) is 1. The molecule has 160 valence electrons. The summed E-state index contributed by atoms with van der Waals surface area (Å²) in [6.07, 6.45) is 2.88. The van der Waals surface area contributed by atoms with E-state index in [9.17, 15) is 4.79 Å². The Kier molecular flexibility index (Phi) is 6.31.